The van der Waals surface area contributed by atoms with Crippen molar-refractivity contribution < 1.29 is 0 Å². The molecule has 0 bridgehead atoms. The number of fused-ring (bicyclic) bond motifs is 1. The number of nitrogens with one attached hydrogen (secondary N) is 1. The number of benzene rings is 3. The van der Waals surface area contributed by atoms with E-state index in [2.05, 4.69) is 85.0 Å². The molecule has 1 atom stereocenters. The zero-order valence-electron chi connectivity index (χ0n) is 11.7. The minimum atomic E-state index is 0.357. The van der Waals surface area contributed by atoms with Crippen molar-refractivity contribution in [3.8, 4) is 0 Å². The molecule has 1 nitrogen and oxygen atoms in total. The SMILES string of the molecule is C[C@H](NCc1cccc2ccccc12)c1ccccc1. The van der Waals surface area contributed by atoms with E-state index in [9.17, 15) is 0 Å². The minimum absolute atomic E-state index is 0.357. The summed E-state index contributed by atoms with van der Waals surface area (Å²) in [5.74, 6) is 0. The molecule has 3 aromatic carbocycles. The second kappa shape index (κ2) is 5.89. The molecule has 0 fully saturated rings. The van der Waals surface area contributed by atoms with E-state index in [1.165, 1.54) is 21.9 Å². The van der Waals surface area contributed by atoms with Crippen LogP contribution in [-0.4, -0.2) is 0 Å². The molecule has 0 saturated heterocycles. The second-order valence-electron chi connectivity index (χ2n) is 5.15. The molecule has 0 unspecified atom stereocenters. The predicted molar refractivity (Wildman–Crippen MR) is 85.6 cm³/mol. The van der Waals surface area contributed by atoms with Crippen LogP contribution in [0.5, 0.6) is 0 Å². The summed E-state index contributed by atoms with van der Waals surface area (Å²) < 4.78 is 0. The van der Waals surface area contributed by atoms with Gasteiger partial charge < -0.3 is 5.32 Å². The summed E-state index contributed by atoms with van der Waals surface area (Å²) in [6.07, 6.45) is 0. The third kappa shape index (κ3) is 2.73. The molecule has 3 aromatic rings. The van der Waals surface area contributed by atoms with Crippen molar-refractivity contribution in [1.29, 1.82) is 0 Å². The van der Waals surface area contributed by atoms with Crippen LogP contribution in [0.1, 0.15) is 24.1 Å². The maximum atomic E-state index is 3.61. The Labute approximate surface area is 120 Å². The van der Waals surface area contributed by atoms with E-state index in [0.29, 0.717) is 6.04 Å². The average Bonchev–Trinajstić information content (AvgIpc) is 2.53. The molecular formula is C19H19N. The van der Waals surface area contributed by atoms with Crippen molar-refractivity contribution in [2.75, 3.05) is 0 Å². The minimum Gasteiger partial charge on any atom is -0.306 e. The van der Waals surface area contributed by atoms with Gasteiger partial charge in [-0.25, -0.2) is 0 Å². The fourth-order valence-corrected chi connectivity index (χ4v) is 2.57. The monoisotopic (exact) mass is 261 g/mol. The van der Waals surface area contributed by atoms with Crippen LogP contribution in [-0.2, 0) is 6.54 Å². The molecule has 0 heterocycles. The first kappa shape index (κ1) is 12.9. The van der Waals surface area contributed by atoms with Gasteiger partial charge in [0.1, 0.15) is 0 Å². The van der Waals surface area contributed by atoms with Gasteiger partial charge in [0, 0.05) is 12.6 Å². The normalized spacial score (nSPS) is 12.4. The predicted octanol–water partition coefficient (Wildman–Crippen LogP) is 4.69. The molecule has 0 saturated carbocycles. The Kier molecular flexibility index (Phi) is 3.80. The van der Waals surface area contributed by atoms with E-state index < -0.39 is 0 Å². The first-order valence-corrected chi connectivity index (χ1v) is 7.09. The van der Waals surface area contributed by atoms with Gasteiger partial charge in [0.15, 0.2) is 0 Å². The largest absolute Gasteiger partial charge is 0.306 e. The van der Waals surface area contributed by atoms with Crippen molar-refractivity contribution in [3.63, 3.8) is 0 Å². The topological polar surface area (TPSA) is 12.0 Å². The molecule has 0 aliphatic carbocycles. The van der Waals surface area contributed by atoms with E-state index in [-0.39, 0.29) is 0 Å². The lowest BCUT2D eigenvalue weighted by Gasteiger charge is -2.15. The van der Waals surface area contributed by atoms with E-state index in [1.54, 1.807) is 0 Å². The molecule has 0 aliphatic rings. The van der Waals surface area contributed by atoms with E-state index in [0.717, 1.165) is 6.54 Å². The highest BCUT2D eigenvalue weighted by Crippen LogP contribution is 2.19. The molecule has 0 radical (unpaired) electrons. The van der Waals surface area contributed by atoms with Crippen LogP contribution in [0.25, 0.3) is 10.8 Å². The quantitative estimate of drug-likeness (QED) is 0.718. The Bertz CT molecular complexity index is 683. The highest BCUT2D eigenvalue weighted by molar-refractivity contribution is 5.85. The van der Waals surface area contributed by atoms with Gasteiger partial charge in [-0.3, -0.25) is 0 Å². The Morgan fingerprint density at radius 1 is 0.800 bits per heavy atom. The molecule has 0 spiro atoms. The smallest absolute Gasteiger partial charge is 0.0294 e. The summed E-state index contributed by atoms with van der Waals surface area (Å²) in [5, 5.41) is 6.25. The summed E-state index contributed by atoms with van der Waals surface area (Å²) in [6.45, 7) is 3.10. The Balaban J connectivity index is 1.77. The lowest BCUT2D eigenvalue weighted by atomic mass is 10.0. The summed E-state index contributed by atoms with van der Waals surface area (Å²) in [7, 11) is 0. The van der Waals surface area contributed by atoms with Crippen molar-refractivity contribution in [1.82, 2.24) is 5.32 Å². The van der Waals surface area contributed by atoms with Crippen molar-refractivity contribution in [3.05, 3.63) is 83.9 Å². The molecule has 0 amide bonds. The van der Waals surface area contributed by atoms with Crippen LogP contribution < -0.4 is 5.32 Å². The summed E-state index contributed by atoms with van der Waals surface area (Å²) >= 11 is 0. The highest BCUT2D eigenvalue weighted by atomic mass is 14.9. The third-order valence-electron chi connectivity index (χ3n) is 3.78. The number of rotatable bonds is 4. The van der Waals surface area contributed by atoms with Crippen molar-refractivity contribution in [2.45, 2.75) is 19.5 Å². The van der Waals surface area contributed by atoms with E-state index >= 15 is 0 Å². The third-order valence-corrected chi connectivity index (χ3v) is 3.78. The zero-order valence-corrected chi connectivity index (χ0v) is 11.7. The molecule has 0 aromatic heterocycles. The Hall–Kier alpha value is -2.12. The zero-order chi connectivity index (χ0) is 13.8. The Morgan fingerprint density at radius 3 is 2.35 bits per heavy atom. The van der Waals surface area contributed by atoms with E-state index in [4.69, 9.17) is 0 Å². The first-order chi connectivity index (χ1) is 9.84. The average molecular weight is 261 g/mol. The summed E-state index contributed by atoms with van der Waals surface area (Å²) in [4.78, 5) is 0. The van der Waals surface area contributed by atoms with Gasteiger partial charge in [0.05, 0.1) is 0 Å². The summed E-state index contributed by atoms with van der Waals surface area (Å²) in [6, 6.07) is 26.0. The van der Waals surface area contributed by atoms with Gasteiger partial charge in [0.2, 0.25) is 0 Å². The molecule has 0 aliphatic heterocycles. The molecule has 100 valence electrons. The number of hydrogen-bond donors (Lipinski definition) is 1. The molecular weight excluding hydrogens is 242 g/mol. The molecule has 3 rings (SSSR count). The standard InChI is InChI=1S/C19H19N/c1-15(16-8-3-2-4-9-16)20-14-18-12-7-11-17-10-5-6-13-19(17)18/h2-13,15,20H,14H2,1H3/t15-/m0/s1. The fraction of sp³-hybridized carbons (Fsp3) is 0.158. The lowest BCUT2D eigenvalue weighted by Crippen LogP contribution is -2.18. The van der Waals surface area contributed by atoms with Crippen LogP contribution >= 0.6 is 0 Å². The van der Waals surface area contributed by atoms with Gasteiger partial charge >= 0.3 is 0 Å². The van der Waals surface area contributed by atoms with Gasteiger partial charge in [-0.1, -0.05) is 72.8 Å². The first-order valence-electron chi connectivity index (χ1n) is 7.09. The second-order valence-corrected chi connectivity index (χ2v) is 5.15. The Morgan fingerprint density at radius 2 is 1.50 bits per heavy atom. The number of hydrogen-bond acceptors (Lipinski definition) is 1. The molecule has 1 heteroatoms. The lowest BCUT2D eigenvalue weighted by molar-refractivity contribution is 0.576. The summed E-state index contributed by atoms with van der Waals surface area (Å²) in [5.41, 5.74) is 2.68. The highest BCUT2D eigenvalue weighted by Gasteiger charge is 2.05. The van der Waals surface area contributed by atoms with Crippen molar-refractivity contribution in [2.24, 2.45) is 0 Å². The fourth-order valence-electron chi connectivity index (χ4n) is 2.57. The maximum Gasteiger partial charge on any atom is 0.0294 e. The molecule has 1 N–H and O–H groups in total. The van der Waals surface area contributed by atoms with Crippen LogP contribution in [0.2, 0.25) is 0 Å². The van der Waals surface area contributed by atoms with Crippen LogP contribution in [0.15, 0.2) is 72.8 Å². The van der Waals surface area contributed by atoms with Gasteiger partial charge in [-0.2, -0.15) is 0 Å². The van der Waals surface area contributed by atoms with Gasteiger partial charge in [0.25, 0.3) is 0 Å². The van der Waals surface area contributed by atoms with Crippen molar-refractivity contribution >= 4 is 10.8 Å². The van der Waals surface area contributed by atoms with Crippen LogP contribution in [0, 0.1) is 0 Å². The van der Waals surface area contributed by atoms with Crippen LogP contribution in [0.4, 0.5) is 0 Å². The maximum absolute atomic E-state index is 3.61. The van der Waals surface area contributed by atoms with Crippen LogP contribution in [0.3, 0.4) is 0 Å². The van der Waals surface area contributed by atoms with Gasteiger partial charge in [-0.05, 0) is 28.8 Å². The van der Waals surface area contributed by atoms with Gasteiger partial charge in [-0.15, -0.1) is 0 Å². The molecule has 20 heavy (non-hydrogen) atoms. The van der Waals surface area contributed by atoms with E-state index in [1.807, 2.05) is 0 Å².